The van der Waals surface area contributed by atoms with E-state index in [1.54, 1.807) is 6.07 Å². The first-order chi connectivity index (χ1) is 10.1. The third kappa shape index (κ3) is 4.80. The van der Waals surface area contributed by atoms with E-state index >= 15 is 0 Å². The van der Waals surface area contributed by atoms with Crippen LogP contribution in [0.25, 0.3) is 0 Å². The van der Waals surface area contributed by atoms with E-state index in [0.717, 1.165) is 30.0 Å². The van der Waals surface area contributed by atoms with Gasteiger partial charge >= 0.3 is 5.00 Å². The van der Waals surface area contributed by atoms with Gasteiger partial charge in [0.05, 0.1) is 9.80 Å². The van der Waals surface area contributed by atoms with Crippen LogP contribution >= 0.6 is 23.7 Å². The first kappa shape index (κ1) is 18.1. The SMILES string of the molecule is CCNCc1cccc(NC(=O)c2ccc([N+](=O)[O-])s2)c1.Cl. The van der Waals surface area contributed by atoms with E-state index in [2.05, 4.69) is 10.6 Å². The minimum absolute atomic E-state index is 0. The van der Waals surface area contributed by atoms with E-state index in [-0.39, 0.29) is 23.3 Å². The lowest BCUT2D eigenvalue weighted by atomic mass is 10.2. The third-order valence-electron chi connectivity index (χ3n) is 2.76. The summed E-state index contributed by atoms with van der Waals surface area (Å²) in [5.41, 5.74) is 1.73. The molecule has 0 aliphatic carbocycles. The molecule has 0 bridgehead atoms. The predicted octanol–water partition coefficient (Wildman–Crippen LogP) is 3.44. The van der Waals surface area contributed by atoms with Crippen molar-refractivity contribution in [3.8, 4) is 0 Å². The number of benzene rings is 1. The summed E-state index contributed by atoms with van der Waals surface area (Å²) in [6.45, 7) is 3.62. The number of carbonyl (C=O) groups is 1. The van der Waals surface area contributed by atoms with Gasteiger partial charge in [-0.25, -0.2) is 0 Å². The van der Waals surface area contributed by atoms with Crippen molar-refractivity contribution >= 4 is 40.3 Å². The fourth-order valence-corrected chi connectivity index (χ4v) is 2.48. The Morgan fingerprint density at radius 1 is 1.32 bits per heavy atom. The van der Waals surface area contributed by atoms with Crippen molar-refractivity contribution in [2.75, 3.05) is 11.9 Å². The number of hydrogen-bond donors (Lipinski definition) is 2. The van der Waals surface area contributed by atoms with Crippen LogP contribution in [0.4, 0.5) is 10.7 Å². The van der Waals surface area contributed by atoms with Gasteiger partial charge < -0.3 is 10.6 Å². The Bertz CT molecular complexity index is 660. The number of rotatable bonds is 6. The van der Waals surface area contributed by atoms with Crippen molar-refractivity contribution in [1.29, 1.82) is 0 Å². The average molecular weight is 342 g/mol. The first-order valence-corrected chi connectivity index (χ1v) is 7.27. The van der Waals surface area contributed by atoms with Crippen LogP contribution in [0.5, 0.6) is 0 Å². The Kier molecular flexibility index (Phi) is 6.97. The Labute approximate surface area is 138 Å². The van der Waals surface area contributed by atoms with Crippen LogP contribution in [0.3, 0.4) is 0 Å². The highest BCUT2D eigenvalue weighted by atomic mass is 35.5. The molecule has 0 radical (unpaired) electrons. The zero-order chi connectivity index (χ0) is 15.2. The highest BCUT2D eigenvalue weighted by molar-refractivity contribution is 7.17. The molecule has 2 N–H and O–H groups in total. The molecule has 0 unspecified atom stereocenters. The van der Waals surface area contributed by atoms with Crippen molar-refractivity contribution < 1.29 is 9.72 Å². The summed E-state index contributed by atoms with van der Waals surface area (Å²) in [7, 11) is 0. The summed E-state index contributed by atoms with van der Waals surface area (Å²) in [6.07, 6.45) is 0. The molecule has 22 heavy (non-hydrogen) atoms. The van der Waals surface area contributed by atoms with Crippen LogP contribution in [-0.4, -0.2) is 17.4 Å². The second-order valence-corrected chi connectivity index (χ2v) is 5.39. The summed E-state index contributed by atoms with van der Waals surface area (Å²) < 4.78 is 0. The fourth-order valence-electron chi connectivity index (χ4n) is 1.77. The number of nitrogens with zero attached hydrogens (tertiary/aromatic N) is 1. The van der Waals surface area contributed by atoms with Crippen LogP contribution in [0.1, 0.15) is 22.2 Å². The molecule has 0 fully saturated rings. The molecule has 1 heterocycles. The first-order valence-electron chi connectivity index (χ1n) is 6.45. The molecular formula is C14H16ClN3O3S. The van der Waals surface area contributed by atoms with Gasteiger partial charge in [-0.3, -0.25) is 14.9 Å². The van der Waals surface area contributed by atoms with Gasteiger partial charge in [-0.2, -0.15) is 0 Å². The molecule has 1 aromatic heterocycles. The molecule has 1 aromatic carbocycles. The number of amides is 1. The molecule has 0 atom stereocenters. The second-order valence-electron chi connectivity index (χ2n) is 4.33. The van der Waals surface area contributed by atoms with E-state index in [4.69, 9.17) is 0 Å². The van der Waals surface area contributed by atoms with Crippen molar-refractivity contribution in [3.05, 3.63) is 57.0 Å². The van der Waals surface area contributed by atoms with Crippen molar-refractivity contribution in [1.82, 2.24) is 5.32 Å². The van der Waals surface area contributed by atoms with Gasteiger partial charge in [-0.1, -0.05) is 30.4 Å². The summed E-state index contributed by atoms with van der Waals surface area (Å²) in [5.74, 6) is -0.339. The molecule has 0 saturated carbocycles. The molecule has 0 saturated heterocycles. The quantitative estimate of drug-likeness (QED) is 0.622. The third-order valence-corrected chi connectivity index (χ3v) is 3.80. The highest BCUT2D eigenvalue weighted by Crippen LogP contribution is 2.24. The zero-order valence-corrected chi connectivity index (χ0v) is 13.5. The normalized spacial score (nSPS) is 9.86. The highest BCUT2D eigenvalue weighted by Gasteiger charge is 2.15. The predicted molar refractivity (Wildman–Crippen MR) is 90.0 cm³/mol. The monoisotopic (exact) mass is 341 g/mol. The van der Waals surface area contributed by atoms with Crippen LogP contribution in [0.2, 0.25) is 0 Å². The molecule has 118 valence electrons. The van der Waals surface area contributed by atoms with Gasteiger partial charge in [0, 0.05) is 18.3 Å². The standard InChI is InChI=1S/C14H15N3O3S.ClH/c1-2-15-9-10-4-3-5-11(8-10)16-14(18)12-6-7-13(21-12)17(19)20;/h3-8,15H,2,9H2,1H3,(H,16,18);1H. The number of halogens is 1. The minimum Gasteiger partial charge on any atom is -0.321 e. The van der Waals surface area contributed by atoms with Crippen molar-refractivity contribution in [2.45, 2.75) is 13.5 Å². The molecular weight excluding hydrogens is 326 g/mol. The Balaban J connectivity index is 0.00000242. The fraction of sp³-hybridized carbons (Fsp3) is 0.214. The maximum Gasteiger partial charge on any atom is 0.324 e. The second kappa shape index (κ2) is 8.47. The molecule has 8 heteroatoms. The lowest BCUT2D eigenvalue weighted by Crippen LogP contribution is -2.13. The van der Waals surface area contributed by atoms with Crippen LogP contribution in [0.15, 0.2) is 36.4 Å². The van der Waals surface area contributed by atoms with E-state index in [9.17, 15) is 14.9 Å². The number of anilines is 1. The number of carbonyl (C=O) groups excluding carboxylic acids is 1. The minimum atomic E-state index is -0.502. The Hall–Kier alpha value is -1.96. The number of hydrogen-bond acceptors (Lipinski definition) is 5. The molecule has 1 amide bonds. The number of thiophene rings is 1. The topological polar surface area (TPSA) is 84.3 Å². The van der Waals surface area contributed by atoms with E-state index in [0.29, 0.717) is 10.6 Å². The zero-order valence-electron chi connectivity index (χ0n) is 11.9. The molecule has 0 spiro atoms. The lowest BCUT2D eigenvalue weighted by Gasteiger charge is -2.06. The van der Waals surface area contributed by atoms with Crippen LogP contribution in [0, 0.1) is 10.1 Å². The number of nitro groups is 1. The molecule has 0 aliphatic rings. The summed E-state index contributed by atoms with van der Waals surface area (Å²) >= 11 is 0.863. The maximum absolute atomic E-state index is 12.0. The molecule has 2 rings (SSSR count). The average Bonchev–Trinajstić information content (AvgIpc) is 2.95. The summed E-state index contributed by atoms with van der Waals surface area (Å²) in [4.78, 5) is 22.5. The molecule has 6 nitrogen and oxygen atoms in total. The lowest BCUT2D eigenvalue weighted by molar-refractivity contribution is -0.380. The van der Waals surface area contributed by atoms with Gasteiger partial charge in [0.25, 0.3) is 5.91 Å². The molecule has 2 aromatic rings. The Morgan fingerprint density at radius 2 is 2.09 bits per heavy atom. The maximum atomic E-state index is 12.0. The van der Waals surface area contributed by atoms with Gasteiger partial charge in [0.1, 0.15) is 0 Å². The number of nitrogens with one attached hydrogen (secondary N) is 2. The van der Waals surface area contributed by atoms with Crippen LogP contribution in [-0.2, 0) is 6.54 Å². The molecule has 0 aliphatic heterocycles. The largest absolute Gasteiger partial charge is 0.324 e. The van der Waals surface area contributed by atoms with E-state index in [1.807, 2.05) is 25.1 Å². The van der Waals surface area contributed by atoms with Crippen molar-refractivity contribution in [2.24, 2.45) is 0 Å². The summed E-state index contributed by atoms with van der Waals surface area (Å²) in [5, 5.41) is 16.5. The van der Waals surface area contributed by atoms with Gasteiger partial charge in [0.2, 0.25) is 0 Å². The van der Waals surface area contributed by atoms with E-state index < -0.39 is 4.92 Å². The smallest absolute Gasteiger partial charge is 0.321 e. The van der Waals surface area contributed by atoms with Gasteiger partial charge in [-0.05, 0) is 30.3 Å². The summed E-state index contributed by atoms with van der Waals surface area (Å²) in [6, 6.07) is 10.3. The van der Waals surface area contributed by atoms with Crippen molar-refractivity contribution in [3.63, 3.8) is 0 Å². The van der Waals surface area contributed by atoms with Gasteiger partial charge in [-0.15, -0.1) is 12.4 Å². The van der Waals surface area contributed by atoms with E-state index in [1.165, 1.54) is 12.1 Å². The Morgan fingerprint density at radius 3 is 2.73 bits per heavy atom. The van der Waals surface area contributed by atoms with Gasteiger partial charge in [0.15, 0.2) is 0 Å². The van der Waals surface area contributed by atoms with Crippen LogP contribution < -0.4 is 10.6 Å².